The Morgan fingerprint density at radius 1 is 1.29 bits per heavy atom. The summed E-state index contributed by atoms with van der Waals surface area (Å²) < 4.78 is 1.96. The Kier molecular flexibility index (Phi) is 4.13. The number of aryl methyl sites for hydroxylation is 1. The zero-order chi connectivity index (χ0) is 16.5. The summed E-state index contributed by atoms with van der Waals surface area (Å²) in [7, 11) is 0. The smallest absolute Gasteiger partial charge is 0.226 e. The van der Waals surface area contributed by atoms with Crippen molar-refractivity contribution in [3.8, 4) is 0 Å². The Hall–Kier alpha value is -2.10. The van der Waals surface area contributed by atoms with Crippen molar-refractivity contribution in [1.29, 1.82) is 0 Å². The van der Waals surface area contributed by atoms with Crippen LogP contribution in [-0.4, -0.2) is 33.2 Å². The first kappa shape index (κ1) is 15.4. The summed E-state index contributed by atoms with van der Waals surface area (Å²) in [5.41, 5.74) is 2.61. The number of benzene rings is 1. The van der Waals surface area contributed by atoms with Crippen LogP contribution in [0.2, 0.25) is 0 Å². The van der Waals surface area contributed by atoms with Gasteiger partial charge in [-0.05, 0) is 50.2 Å². The van der Waals surface area contributed by atoms with Crippen LogP contribution in [0.4, 0.5) is 0 Å². The van der Waals surface area contributed by atoms with Gasteiger partial charge in [0.05, 0.1) is 12.6 Å². The van der Waals surface area contributed by atoms with Crippen molar-refractivity contribution in [3.63, 3.8) is 0 Å². The van der Waals surface area contributed by atoms with E-state index in [2.05, 4.69) is 41.2 Å². The highest BCUT2D eigenvalue weighted by Crippen LogP contribution is 2.49. The van der Waals surface area contributed by atoms with Gasteiger partial charge in [0.25, 0.3) is 0 Å². The van der Waals surface area contributed by atoms with E-state index in [1.807, 2.05) is 23.1 Å². The minimum atomic E-state index is 0.185. The van der Waals surface area contributed by atoms with Gasteiger partial charge in [-0.15, -0.1) is 0 Å². The lowest BCUT2D eigenvalue weighted by Gasteiger charge is -2.36. The molecular formula is C20H25N3O. The zero-order valence-corrected chi connectivity index (χ0v) is 14.3. The third-order valence-corrected chi connectivity index (χ3v) is 5.45. The highest BCUT2D eigenvalue weighted by molar-refractivity contribution is 5.83. The topological polar surface area (TPSA) is 38.1 Å². The summed E-state index contributed by atoms with van der Waals surface area (Å²) in [6.07, 6.45) is 8.24. The van der Waals surface area contributed by atoms with E-state index in [1.54, 1.807) is 0 Å². The SMILES string of the molecule is Cc1cccc(C2CC2C(=O)N2CCCCC2Cn2cccn2)c1. The van der Waals surface area contributed by atoms with Crippen molar-refractivity contribution >= 4 is 5.91 Å². The van der Waals surface area contributed by atoms with E-state index in [-0.39, 0.29) is 5.92 Å². The number of amides is 1. The molecule has 4 nitrogen and oxygen atoms in total. The van der Waals surface area contributed by atoms with Gasteiger partial charge >= 0.3 is 0 Å². The van der Waals surface area contributed by atoms with Gasteiger partial charge in [0.2, 0.25) is 5.91 Å². The second kappa shape index (κ2) is 6.42. The minimum Gasteiger partial charge on any atom is -0.338 e. The van der Waals surface area contributed by atoms with Crippen LogP contribution in [0, 0.1) is 12.8 Å². The second-order valence-electron chi connectivity index (χ2n) is 7.27. The first-order valence-corrected chi connectivity index (χ1v) is 9.07. The van der Waals surface area contributed by atoms with Crippen molar-refractivity contribution in [2.75, 3.05) is 6.54 Å². The number of carbonyl (C=O) groups is 1. The largest absolute Gasteiger partial charge is 0.338 e. The number of hydrogen-bond donors (Lipinski definition) is 0. The third kappa shape index (κ3) is 3.10. The molecule has 24 heavy (non-hydrogen) atoms. The van der Waals surface area contributed by atoms with Gasteiger partial charge in [0.1, 0.15) is 0 Å². The standard InChI is InChI=1S/C20H25N3O/c1-15-6-4-7-16(12-15)18-13-19(18)20(24)23-11-3-2-8-17(23)14-22-10-5-9-21-22/h4-7,9-10,12,17-19H,2-3,8,11,13-14H2,1H3. The van der Waals surface area contributed by atoms with E-state index in [4.69, 9.17) is 0 Å². The van der Waals surface area contributed by atoms with Crippen molar-refractivity contribution in [2.24, 2.45) is 5.92 Å². The number of hydrogen-bond acceptors (Lipinski definition) is 2. The Bertz CT molecular complexity index is 709. The predicted octanol–water partition coefficient (Wildman–Crippen LogP) is 3.38. The van der Waals surface area contributed by atoms with Crippen molar-refractivity contribution in [1.82, 2.24) is 14.7 Å². The van der Waals surface area contributed by atoms with Crippen LogP contribution in [0.15, 0.2) is 42.7 Å². The molecule has 2 heterocycles. The Labute approximate surface area is 143 Å². The average molecular weight is 323 g/mol. The predicted molar refractivity (Wildman–Crippen MR) is 93.6 cm³/mol. The van der Waals surface area contributed by atoms with Gasteiger partial charge in [-0.3, -0.25) is 9.48 Å². The third-order valence-electron chi connectivity index (χ3n) is 5.45. The van der Waals surface area contributed by atoms with E-state index in [1.165, 1.54) is 17.5 Å². The molecule has 0 bridgehead atoms. The number of piperidine rings is 1. The van der Waals surface area contributed by atoms with E-state index in [9.17, 15) is 4.79 Å². The average Bonchev–Trinajstić information content (AvgIpc) is 3.24. The molecule has 0 radical (unpaired) electrons. The molecule has 4 heteroatoms. The van der Waals surface area contributed by atoms with Crippen LogP contribution in [0.1, 0.15) is 42.7 Å². The molecule has 4 rings (SSSR count). The highest BCUT2D eigenvalue weighted by Gasteiger charge is 2.47. The van der Waals surface area contributed by atoms with Crippen molar-refractivity contribution in [2.45, 2.75) is 51.1 Å². The molecule has 1 saturated carbocycles. The molecule has 126 valence electrons. The molecule has 1 amide bonds. The maximum Gasteiger partial charge on any atom is 0.226 e. The molecule has 1 aliphatic carbocycles. The molecule has 2 aromatic rings. The van der Waals surface area contributed by atoms with Crippen LogP contribution in [0.25, 0.3) is 0 Å². The summed E-state index contributed by atoms with van der Waals surface area (Å²) >= 11 is 0. The molecule has 1 aromatic carbocycles. The van der Waals surface area contributed by atoms with Crippen LogP contribution in [0.3, 0.4) is 0 Å². The minimum absolute atomic E-state index is 0.185. The molecule has 0 spiro atoms. The van der Waals surface area contributed by atoms with Crippen molar-refractivity contribution in [3.05, 3.63) is 53.9 Å². The molecule has 3 atom stereocenters. The monoisotopic (exact) mass is 323 g/mol. The molecule has 0 N–H and O–H groups in total. The quantitative estimate of drug-likeness (QED) is 0.865. The lowest BCUT2D eigenvalue weighted by molar-refractivity contribution is -0.136. The lowest BCUT2D eigenvalue weighted by atomic mass is 10.0. The first-order chi connectivity index (χ1) is 11.7. The van der Waals surface area contributed by atoms with Gasteiger partial charge in [-0.25, -0.2) is 0 Å². The number of likely N-dealkylation sites (tertiary alicyclic amines) is 1. The Morgan fingerprint density at radius 3 is 3.00 bits per heavy atom. The highest BCUT2D eigenvalue weighted by atomic mass is 16.2. The zero-order valence-electron chi connectivity index (χ0n) is 14.3. The van der Waals surface area contributed by atoms with Gasteiger partial charge in [-0.2, -0.15) is 5.10 Å². The number of carbonyl (C=O) groups excluding carboxylic acids is 1. The van der Waals surface area contributed by atoms with Gasteiger partial charge in [0, 0.05) is 24.9 Å². The molecular weight excluding hydrogens is 298 g/mol. The Morgan fingerprint density at radius 2 is 2.21 bits per heavy atom. The van der Waals surface area contributed by atoms with E-state index in [0.29, 0.717) is 17.9 Å². The molecule has 2 aliphatic rings. The van der Waals surface area contributed by atoms with Crippen LogP contribution < -0.4 is 0 Å². The fourth-order valence-corrected chi connectivity index (χ4v) is 4.05. The molecule has 1 saturated heterocycles. The number of rotatable bonds is 4. The molecule has 2 fully saturated rings. The van der Waals surface area contributed by atoms with Crippen LogP contribution in [-0.2, 0) is 11.3 Å². The van der Waals surface area contributed by atoms with Gasteiger partial charge in [-0.1, -0.05) is 29.8 Å². The van der Waals surface area contributed by atoms with E-state index in [0.717, 1.165) is 32.4 Å². The normalized spacial score (nSPS) is 26.4. The summed E-state index contributed by atoms with van der Waals surface area (Å²) in [6, 6.07) is 10.9. The lowest BCUT2D eigenvalue weighted by Crippen LogP contribution is -2.46. The summed E-state index contributed by atoms with van der Waals surface area (Å²) in [5, 5.41) is 4.32. The fourth-order valence-electron chi connectivity index (χ4n) is 4.05. The molecule has 3 unspecified atom stereocenters. The Balaban J connectivity index is 1.45. The van der Waals surface area contributed by atoms with Crippen LogP contribution in [0.5, 0.6) is 0 Å². The maximum atomic E-state index is 13.1. The molecule has 1 aromatic heterocycles. The first-order valence-electron chi connectivity index (χ1n) is 9.07. The summed E-state index contributed by atoms with van der Waals surface area (Å²) in [4.78, 5) is 15.2. The van der Waals surface area contributed by atoms with Crippen molar-refractivity contribution < 1.29 is 4.79 Å². The fraction of sp³-hybridized carbons (Fsp3) is 0.500. The van der Waals surface area contributed by atoms with E-state index < -0.39 is 0 Å². The second-order valence-corrected chi connectivity index (χ2v) is 7.27. The molecule has 1 aliphatic heterocycles. The summed E-state index contributed by atoms with van der Waals surface area (Å²) in [5.74, 6) is 0.966. The number of aromatic nitrogens is 2. The van der Waals surface area contributed by atoms with Crippen LogP contribution >= 0.6 is 0 Å². The number of nitrogens with zero attached hydrogens (tertiary/aromatic N) is 3. The summed E-state index contributed by atoms with van der Waals surface area (Å²) in [6.45, 7) is 3.84. The van der Waals surface area contributed by atoms with Gasteiger partial charge in [0.15, 0.2) is 0 Å². The van der Waals surface area contributed by atoms with E-state index >= 15 is 0 Å². The van der Waals surface area contributed by atoms with Gasteiger partial charge < -0.3 is 4.90 Å². The maximum absolute atomic E-state index is 13.1.